The van der Waals surface area contributed by atoms with Gasteiger partial charge in [0.15, 0.2) is 0 Å². The van der Waals surface area contributed by atoms with Crippen LogP contribution in [0.25, 0.3) is 0 Å². The van der Waals surface area contributed by atoms with Crippen LogP contribution in [0.4, 0.5) is 0 Å². The van der Waals surface area contributed by atoms with Crippen molar-refractivity contribution in [2.45, 2.75) is 61.9 Å². The molecule has 0 amide bonds. The van der Waals surface area contributed by atoms with E-state index in [0.717, 1.165) is 10.5 Å². The summed E-state index contributed by atoms with van der Waals surface area (Å²) >= 11 is 2.29. The summed E-state index contributed by atoms with van der Waals surface area (Å²) in [6, 6.07) is 0. The Morgan fingerprint density at radius 1 is 0.846 bits per heavy atom. The number of hydrogen-bond acceptors (Lipinski definition) is 1. The number of allylic oxidation sites excluding steroid dienone is 2. The van der Waals surface area contributed by atoms with E-state index in [4.69, 9.17) is 0 Å². The Hall–Kier alpha value is 0.0900. The van der Waals surface area contributed by atoms with Crippen molar-refractivity contribution in [2.24, 2.45) is 0 Å². The lowest BCUT2D eigenvalue weighted by Gasteiger charge is -2.26. The molecule has 0 radical (unpaired) electrons. The molecule has 1 heteroatoms. The summed E-state index contributed by atoms with van der Waals surface area (Å²) in [5.74, 6) is 0. The van der Waals surface area contributed by atoms with E-state index in [2.05, 4.69) is 23.9 Å². The van der Waals surface area contributed by atoms with Crippen LogP contribution in [-0.4, -0.2) is 10.5 Å². The SMILES string of the molecule is C1=C\CC2CCCCCC(CC/1)S2. The number of fused-ring (bicyclic) bond motifs is 2. The van der Waals surface area contributed by atoms with E-state index in [9.17, 15) is 0 Å². The highest BCUT2D eigenvalue weighted by Gasteiger charge is 2.19. The summed E-state index contributed by atoms with van der Waals surface area (Å²) in [6.07, 6.45) is 16.3. The maximum atomic E-state index is 2.41. The molecule has 0 aromatic carbocycles. The summed E-state index contributed by atoms with van der Waals surface area (Å²) in [4.78, 5) is 0. The van der Waals surface area contributed by atoms with Crippen LogP contribution in [-0.2, 0) is 0 Å². The summed E-state index contributed by atoms with van der Waals surface area (Å²) in [7, 11) is 0. The van der Waals surface area contributed by atoms with Crippen molar-refractivity contribution in [3.8, 4) is 0 Å². The molecule has 0 N–H and O–H groups in total. The molecule has 74 valence electrons. The molecule has 0 aromatic heterocycles. The minimum atomic E-state index is 0.946. The second-order valence-electron chi connectivity index (χ2n) is 4.30. The molecule has 0 spiro atoms. The van der Waals surface area contributed by atoms with Crippen LogP contribution in [0.5, 0.6) is 0 Å². The van der Waals surface area contributed by atoms with Gasteiger partial charge < -0.3 is 0 Å². The minimum absolute atomic E-state index is 0.946. The fourth-order valence-corrected chi connectivity index (χ4v) is 4.01. The van der Waals surface area contributed by atoms with Gasteiger partial charge in [0.25, 0.3) is 0 Å². The van der Waals surface area contributed by atoms with Crippen LogP contribution in [0.15, 0.2) is 12.2 Å². The monoisotopic (exact) mass is 196 g/mol. The maximum absolute atomic E-state index is 2.41. The van der Waals surface area contributed by atoms with Crippen LogP contribution in [0.3, 0.4) is 0 Å². The third-order valence-electron chi connectivity index (χ3n) is 3.16. The molecule has 0 aliphatic carbocycles. The quantitative estimate of drug-likeness (QED) is 0.524. The van der Waals surface area contributed by atoms with Crippen LogP contribution >= 0.6 is 11.8 Å². The molecule has 1 saturated heterocycles. The Morgan fingerprint density at radius 2 is 1.69 bits per heavy atom. The maximum Gasteiger partial charge on any atom is 0.00843 e. The first-order chi connectivity index (χ1) is 6.45. The van der Waals surface area contributed by atoms with Crippen LogP contribution in [0.1, 0.15) is 51.4 Å². The predicted molar refractivity (Wildman–Crippen MR) is 61.2 cm³/mol. The Morgan fingerprint density at radius 3 is 2.62 bits per heavy atom. The predicted octanol–water partition coefficient (Wildman–Crippen LogP) is 4.16. The molecule has 0 saturated carbocycles. The van der Waals surface area contributed by atoms with Gasteiger partial charge in [0, 0.05) is 10.5 Å². The van der Waals surface area contributed by atoms with E-state index in [1.807, 2.05) is 0 Å². The van der Waals surface area contributed by atoms with Gasteiger partial charge in [-0.1, -0.05) is 31.4 Å². The molecule has 0 aromatic rings. The molecule has 2 aliphatic rings. The van der Waals surface area contributed by atoms with Crippen molar-refractivity contribution in [3.05, 3.63) is 12.2 Å². The van der Waals surface area contributed by atoms with Crippen molar-refractivity contribution in [3.63, 3.8) is 0 Å². The van der Waals surface area contributed by atoms with Gasteiger partial charge in [-0.3, -0.25) is 0 Å². The third-order valence-corrected chi connectivity index (χ3v) is 4.83. The molecule has 1 fully saturated rings. The average Bonchev–Trinajstić information content (AvgIpc) is 2.00. The molecule has 2 aliphatic heterocycles. The minimum Gasteiger partial charge on any atom is -0.155 e. The third kappa shape index (κ3) is 3.05. The molecule has 2 bridgehead atoms. The van der Waals surface area contributed by atoms with Crippen molar-refractivity contribution < 1.29 is 0 Å². The number of hydrogen-bond donors (Lipinski definition) is 0. The summed E-state index contributed by atoms with van der Waals surface area (Å²) in [5, 5.41) is 1.93. The van der Waals surface area contributed by atoms with Gasteiger partial charge in [-0.2, -0.15) is 11.8 Å². The lowest BCUT2D eigenvalue weighted by molar-refractivity contribution is 0.557. The normalized spacial score (nSPS) is 38.2. The first-order valence-electron chi connectivity index (χ1n) is 5.75. The molecule has 13 heavy (non-hydrogen) atoms. The fraction of sp³-hybridized carbons (Fsp3) is 0.833. The van der Waals surface area contributed by atoms with E-state index >= 15 is 0 Å². The Bertz CT molecular complexity index is 174. The van der Waals surface area contributed by atoms with E-state index in [0.29, 0.717) is 0 Å². The zero-order valence-electron chi connectivity index (χ0n) is 8.37. The first-order valence-corrected chi connectivity index (χ1v) is 6.70. The highest BCUT2D eigenvalue weighted by molar-refractivity contribution is 8.00. The largest absolute Gasteiger partial charge is 0.155 e. The van der Waals surface area contributed by atoms with Crippen LogP contribution in [0.2, 0.25) is 0 Å². The van der Waals surface area contributed by atoms with Gasteiger partial charge in [0.05, 0.1) is 0 Å². The van der Waals surface area contributed by atoms with E-state index in [1.165, 1.54) is 51.4 Å². The molecule has 0 nitrogen and oxygen atoms in total. The zero-order chi connectivity index (χ0) is 8.93. The summed E-state index contributed by atoms with van der Waals surface area (Å²) in [5.41, 5.74) is 0. The van der Waals surface area contributed by atoms with Crippen LogP contribution < -0.4 is 0 Å². The van der Waals surface area contributed by atoms with Crippen molar-refractivity contribution >= 4 is 11.8 Å². The lowest BCUT2D eigenvalue weighted by atomic mass is 10.0. The van der Waals surface area contributed by atoms with E-state index in [-0.39, 0.29) is 0 Å². The summed E-state index contributed by atoms with van der Waals surface area (Å²) < 4.78 is 0. The summed E-state index contributed by atoms with van der Waals surface area (Å²) in [6.45, 7) is 0. The van der Waals surface area contributed by atoms with Gasteiger partial charge >= 0.3 is 0 Å². The Kier molecular flexibility index (Phi) is 3.77. The molecule has 2 atom stereocenters. The van der Waals surface area contributed by atoms with Gasteiger partial charge in [-0.05, 0) is 32.1 Å². The highest BCUT2D eigenvalue weighted by atomic mass is 32.2. The zero-order valence-corrected chi connectivity index (χ0v) is 9.19. The van der Waals surface area contributed by atoms with Crippen molar-refractivity contribution in [1.82, 2.24) is 0 Å². The smallest absolute Gasteiger partial charge is 0.00843 e. The van der Waals surface area contributed by atoms with Gasteiger partial charge in [-0.15, -0.1) is 0 Å². The van der Waals surface area contributed by atoms with Gasteiger partial charge in [-0.25, -0.2) is 0 Å². The second-order valence-corrected chi connectivity index (χ2v) is 5.91. The Labute approximate surface area is 86.2 Å². The molecule has 2 rings (SSSR count). The molecule has 2 heterocycles. The van der Waals surface area contributed by atoms with Crippen LogP contribution in [0, 0.1) is 0 Å². The van der Waals surface area contributed by atoms with Crippen molar-refractivity contribution in [1.29, 1.82) is 0 Å². The second kappa shape index (κ2) is 5.09. The van der Waals surface area contributed by atoms with E-state index in [1.54, 1.807) is 0 Å². The van der Waals surface area contributed by atoms with Crippen molar-refractivity contribution in [2.75, 3.05) is 0 Å². The van der Waals surface area contributed by atoms with Gasteiger partial charge in [0.2, 0.25) is 0 Å². The number of thioether (sulfide) groups is 1. The first kappa shape index (κ1) is 9.64. The molecular formula is C12H20S. The molecule has 2 unspecified atom stereocenters. The fourth-order valence-electron chi connectivity index (χ4n) is 2.36. The average molecular weight is 196 g/mol. The standard InChI is InChI=1S/C12H20S/c1-3-7-11-9-5-2-6-10-12(13-11)8-4-1/h1,3,11-12H,2,4-10H2/b3-1-. The van der Waals surface area contributed by atoms with E-state index < -0.39 is 0 Å². The Balaban J connectivity index is 1.96. The highest BCUT2D eigenvalue weighted by Crippen LogP contribution is 2.35. The molecular weight excluding hydrogens is 176 g/mol. The van der Waals surface area contributed by atoms with Gasteiger partial charge in [0.1, 0.15) is 0 Å². The topological polar surface area (TPSA) is 0 Å². The number of rotatable bonds is 0. The lowest BCUT2D eigenvalue weighted by Crippen LogP contribution is -2.14.